The van der Waals surface area contributed by atoms with Crippen molar-refractivity contribution in [1.29, 1.82) is 0 Å². The third-order valence-electron chi connectivity index (χ3n) is 5.98. The number of hydroxylamine groups is 1. The number of amides is 2. The van der Waals surface area contributed by atoms with E-state index in [-0.39, 0.29) is 0 Å². The molecule has 1 saturated heterocycles. The molecular weight excluding hydrogens is 444 g/mol. The Hall–Kier alpha value is -3.22. The number of likely N-dealkylation sites (tertiary alicyclic amines) is 1. The molecule has 0 unspecified atom stereocenters. The summed E-state index contributed by atoms with van der Waals surface area (Å²) in [5.74, 6) is 4.78. The fourth-order valence-electron chi connectivity index (χ4n) is 3.91. The van der Waals surface area contributed by atoms with Crippen LogP contribution in [0.4, 0.5) is 0 Å². The second-order valence-electron chi connectivity index (χ2n) is 8.81. The molecule has 2 aromatic carbocycles. The maximum absolute atomic E-state index is 12.4. The summed E-state index contributed by atoms with van der Waals surface area (Å²) in [6.45, 7) is 5.44. The van der Waals surface area contributed by atoms with Crippen molar-refractivity contribution in [2.75, 3.05) is 19.8 Å². The van der Waals surface area contributed by atoms with Gasteiger partial charge in [0.15, 0.2) is 0 Å². The van der Waals surface area contributed by atoms with Crippen molar-refractivity contribution in [2.24, 2.45) is 0 Å². The Labute approximate surface area is 206 Å². The highest BCUT2D eigenvalue weighted by atomic mass is 16.5. The first-order valence-corrected chi connectivity index (χ1v) is 12.0. The van der Waals surface area contributed by atoms with Crippen LogP contribution < -0.4 is 16.1 Å². The highest BCUT2D eigenvalue weighted by Crippen LogP contribution is 2.09. The number of aliphatic hydroxyl groups excluding tert-OH is 1. The van der Waals surface area contributed by atoms with Gasteiger partial charge in [0.2, 0.25) is 0 Å². The van der Waals surface area contributed by atoms with Crippen LogP contribution in [0, 0.1) is 11.8 Å². The number of nitrogens with zero attached hydrogens (tertiary/aromatic N) is 1. The third kappa shape index (κ3) is 8.50. The van der Waals surface area contributed by atoms with E-state index >= 15 is 0 Å². The summed E-state index contributed by atoms with van der Waals surface area (Å²) >= 11 is 0. The Morgan fingerprint density at radius 2 is 1.51 bits per heavy atom. The van der Waals surface area contributed by atoms with Crippen LogP contribution in [0.25, 0.3) is 0 Å². The Morgan fingerprint density at radius 3 is 2.06 bits per heavy atom. The summed E-state index contributed by atoms with van der Waals surface area (Å²) in [5.41, 5.74) is 4.60. The molecule has 0 aliphatic carbocycles. The minimum Gasteiger partial charge on any atom is -0.391 e. The van der Waals surface area contributed by atoms with Gasteiger partial charge in [0, 0.05) is 29.9 Å². The molecule has 0 bridgehead atoms. The molecule has 1 heterocycles. The molecule has 0 saturated carbocycles. The summed E-state index contributed by atoms with van der Waals surface area (Å²) in [7, 11) is 0. The molecule has 0 spiro atoms. The first kappa shape index (κ1) is 26.4. The molecule has 0 radical (unpaired) electrons. The maximum atomic E-state index is 12.4. The van der Waals surface area contributed by atoms with Gasteiger partial charge in [0.1, 0.15) is 6.04 Å². The van der Waals surface area contributed by atoms with Crippen LogP contribution in [0.3, 0.4) is 0 Å². The molecular formula is C27H34N4O4. The molecule has 0 aromatic heterocycles. The lowest BCUT2D eigenvalue weighted by molar-refractivity contribution is -0.133. The zero-order valence-corrected chi connectivity index (χ0v) is 20.1. The lowest BCUT2D eigenvalue weighted by Gasteiger charge is -2.20. The number of rotatable bonds is 8. The number of hydrogen-bond acceptors (Lipinski definition) is 6. The summed E-state index contributed by atoms with van der Waals surface area (Å²) in [6.07, 6.45) is 4.09. The van der Waals surface area contributed by atoms with Gasteiger partial charge in [-0.25, -0.2) is 5.48 Å². The van der Waals surface area contributed by atoms with Gasteiger partial charge in [-0.3, -0.25) is 19.7 Å². The summed E-state index contributed by atoms with van der Waals surface area (Å²) in [5, 5.41) is 24.3. The predicted octanol–water partition coefficient (Wildman–Crippen LogP) is 1.99. The van der Waals surface area contributed by atoms with E-state index < -0.39 is 24.0 Å². The molecule has 2 atom stereocenters. The monoisotopic (exact) mass is 478 g/mol. The van der Waals surface area contributed by atoms with E-state index in [1.165, 1.54) is 56.7 Å². The van der Waals surface area contributed by atoms with Crippen molar-refractivity contribution < 1.29 is 19.9 Å². The molecule has 1 fully saturated rings. The summed E-state index contributed by atoms with van der Waals surface area (Å²) in [6, 6.07) is 13.5. The van der Waals surface area contributed by atoms with E-state index in [1.807, 2.05) is 12.1 Å². The first-order valence-electron chi connectivity index (χ1n) is 12.0. The summed E-state index contributed by atoms with van der Waals surface area (Å²) in [4.78, 5) is 26.4. The normalized spacial score (nSPS) is 15.7. The fourth-order valence-corrected chi connectivity index (χ4v) is 3.91. The molecule has 8 heteroatoms. The number of benzene rings is 2. The van der Waals surface area contributed by atoms with Gasteiger partial charge in [-0.15, -0.1) is 0 Å². The maximum Gasteiger partial charge on any atom is 0.268 e. The Bertz CT molecular complexity index is 1020. The van der Waals surface area contributed by atoms with Gasteiger partial charge in [0.25, 0.3) is 11.8 Å². The van der Waals surface area contributed by atoms with E-state index in [0.29, 0.717) is 5.56 Å². The van der Waals surface area contributed by atoms with Crippen LogP contribution in [0.1, 0.15) is 59.7 Å². The van der Waals surface area contributed by atoms with Crippen molar-refractivity contribution >= 4 is 11.8 Å². The largest absolute Gasteiger partial charge is 0.391 e. The number of carbonyl (C=O) groups is 2. The highest BCUT2D eigenvalue weighted by molar-refractivity contribution is 5.97. The second-order valence-corrected chi connectivity index (χ2v) is 8.81. The highest BCUT2D eigenvalue weighted by Gasteiger charge is 2.25. The molecule has 8 nitrogen and oxygen atoms in total. The Morgan fingerprint density at radius 1 is 0.943 bits per heavy atom. The summed E-state index contributed by atoms with van der Waals surface area (Å²) < 4.78 is 0. The van der Waals surface area contributed by atoms with Crippen molar-refractivity contribution in [3.8, 4) is 11.8 Å². The minimum absolute atomic E-state index is 0.309. The van der Waals surface area contributed by atoms with Gasteiger partial charge < -0.3 is 15.7 Å². The molecule has 186 valence electrons. The topological polar surface area (TPSA) is 114 Å². The molecule has 2 aromatic rings. The standard InChI is InChI=1S/C27H34N4O4/c1-20(32)25(27(34)30-35)29-26(33)24-14-12-22(13-15-24)7-6-21-8-10-23(11-9-21)18-28-19-31-16-4-2-3-5-17-31/h8-15,20,25,28,32,35H,2-5,16-19H2,1H3,(H,29,33)(H,30,34)/t20-,25+/m1/s1. The number of aliphatic hydroxyl groups is 1. The van der Waals surface area contributed by atoms with Crippen molar-refractivity contribution in [1.82, 2.24) is 21.0 Å². The first-order chi connectivity index (χ1) is 17.0. The van der Waals surface area contributed by atoms with Gasteiger partial charge in [-0.2, -0.15) is 0 Å². The zero-order chi connectivity index (χ0) is 25.0. The lowest BCUT2D eigenvalue weighted by atomic mass is 10.1. The van der Waals surface area contributed by atoms with Crippen molar-refractivity contribution in [2.45, 2.75) is 51.3 Å². The average molecular weight is 479 g/mol. The van der Waals surface area contributed by atoms with E-state index in [0.717, 1.165) is 24.3 Å². The fraction of sp³-hybridized carbons (Fsp3) is 0.407. The van der Waals surface area contributed by atoms with Gasteiger partial charge >= 0.3 is 0 Å². The molecule has 5 N–H and O–H groups in total. The quantitative estimate of drug-likeness (QED) is 0.225. The van der Waals surface area contributed by atoms with Crippen LogP contribution in [-0.4, -0.2) is 58.9 Å². The second kappa shape index (κ2) is 13.6. The van der Waals surface area contributed by atoms with Crippen molar-refractivity contribution in [3.63, 3.8) is 0 Å². The number of nitrogens with one attached hydrogen (secondary N) is 3. The van der Waals surface area contributed by atoms with Crippen LogP contribution in [0.2, 0.25) is 0 Å². The van der Waals surface area contributed by atoms with Crippen molar-refractivity contribution in [3.05, 3.63) is 70.8 Å². The average Bonchev–Trinajstić information content (AvgIpc) is 3.15. The van der Waals surface area contributed by atoms with E-state index in [4.69, 9.17) is 5.21 Å². The predicted molar refractivity (Wildman–Crippen MR) is 133 cm³/mol. The molecule has 1 aliphatic rings. The Balaban J connectivity index is 1.50. The molecule has 3 rings (SSSR count). The van der Waals surface area contributed by atoms with Gasteiger partial charge in [0.05, 0.1) is 6.10 Å². The van der Waals surface area contributed by atoms with Crippen LogP contribution in [0.5, 0.6) is 0 Å². The van der Waals surface area contributed by atoms with Crippen LogP contribution in [-0.2, 0) is 11.3 Å². The smallest absolute Gasteiger partial charge is 0.268 e. The SMILES string of the molecule is C[C@@H](O)[C@H](NC(=O)c1ccc(C#Cc2ccc(CNCN3CCCCCC3)cc2)cc1)C(=O)NO. The van der Waals surface area contributed by atoms with E-state index in [1.54, 1.807) is 24.3 Å². The number of hydrogen-bond donors (Lipinski definition) is 5. The molecule has 35 heavy (non-hydrogen) atoms. The molecule has 2 amide bonds. The lowest BCUT2D eigenvalue weighted by Crippen LogP contribution is -2.51. The zero-order valence-electron chi connectivity index (χ0n) is 20.1. The Kier molecular flexibility index (Phi) is 10.3. The van der Waals surface area contributed by atoms with Crippen LogP contribution >= 0.6 is 0 Å². The number of carbonyl (C=O) groups excluding carboxylic acids is 2. The van der Waals surface area contributed by atoms with E-state index in [9.17, 15) is 14.7 Å². The van der Waals surface area contributed by atoms with Crippen LogP contribution in [0.15, 0.2) is 48.5 Å². The van der Waals surface area contributed by atoms with Gasteiger partial charge in [-0.1, -0.05) is 36.8 Å². The van der Waals surface area contributed by atoms with E-state index in [2.05, 4.69) is 39.5 Å². The van der Waals surface area contributed by atoms with Gasteiger partial charge in [-0.05, 0) is 74.8 Å². The molecule has 1 aliphatic heterocycles. The minimum atomic E-state index is -1.26. The third-order valence-corrected chi connectivity index (χ3v) is 5.98.